The van der Waals surface area contributed by atoms with Crippen LogP contribution in [0.15, 0.2) is 23.1 Å². The second kappa shape index (κ2) is 8.87. The smallest absolute Gasteiger partial charge is 0.290 e. The van der Waals surface area contributed by atoms with Crippen molar-refractivity contribution in [3.05, 3.63) is 34.2 Å². The quantitative estimate of drug-likeness (QED) is 0.707. The van der Waals surface area contributed by atoms with E-state index < -0.39 is 0 Å². The Bertz CT molecular complexity index is 758. The lowest BCUT2D eigenvalue weighted by Crippen LogP contribution is -2.48. The Hall–Kier alpha value is -2.19. The van der Waals surface area contributed by atoms with Crippen molar-refractivity contribution in [2.45, 2.75) is 37.8 Å². The number of hydrogen-bond acceptors (Lipinski definition) is 5. The molecule has 2 saturated heterocycles. The summed E-state index contributed by atoms with van der Waals surface area (Å²) in [5.41, 5.74) is 0.459. The molecule has 2 N–H and O–H groups in total. The lowest BCUT2D eigenvalue weighted by Gasteiger charge is -2.40. The molecule has 8 nitrogen and oxygen atoms in total. The van der Waals surface area contributed by atoms with E-state index in [0.717, 1.165) is 39.0 Å². The Morgan fingerprint density at radius 3 is 2.36 bits per heavy atom. The third-order valence-electron chi connectivity index (χ3n) is 6.34. The summed E-state index contributed by atoms with van der Waals surface area (Å²) in [6.45, 7) is 3.43. The monoisotopic (exact) mass is 391 g/mol. The number of carboxylic acid groups (broad SMARTS) is 1. The predicted octanol–water partition coefficient (Wildman–Crippen LogP) is 0.393. The van der Waals surface area contributed by atoms with Gasteiger partial charge in [0.2, 0.25) is 5.56 Å². The minimum absolute atomic E-state index is 0.00258. The van der Waals surface area contributed by atoms with Crippen molar-refractivity contribution < 1.29 is 19.8 Å². The van der Waals surface area contributed by atoms with E-state index in [4.69, 9.17) is 9.90 Å². The van der Waals surface area contributed by atoms with E-state index in [1.165, 1.54) is 23.5 Å². The van der Waals surface area contributed by atoms with Gasteiger partial charge in [0.05, 0.1) is 11.7 Å². The van der Waals surface area contributed by atoms with E-state index in [2.05, 4.69) is 4.90 Å². The van der Waals surface area contributed by atoms with Crippen molar-refractivity contribution in [3.63, 3.8) is 0 Å². The first-order valence-corrected chi connectivity index (χ1v) is 9.90. The van der Waals surface area contributed by atoms with Gasteiger partial charge in [0.25, 0.3) is 12.4 Å². The molecule has 1 aromatic heterocycles. The Morgan fingerprint density at radius 1 is 1.14 bits per heavy atom. The molecule has 4 atom stereocenters. The molecule has 0 aromatic carbocycles. The number of amides is 1. The zero-order valence-corrected chi connectivity index (χ0v) is 16.2. The molecule has 0 spiro atoms. The van der Waals surface area contributed by atoms with Crippen LogP contribution in [-0.4, -0.2) is 75.3 Å². The van der Waals surface area contributed by atoms with Gasteiger partial charge in [-0.25, -0.2) is 0 Å². The number of aliphatic hydroxyl groups excluding tert-OH is 1. The van der Waals surface area contributed by atoms with Crippen LogP contribution < -0.4 is 5.56 Å². The third kappa shape index (κ3) is 4.28. The maximum atomic E-state index is 12.8. The minimum atomic E-state index is -0.271. The van der Waals surface area contributed by atoms with Gasteiger partial charge in [-0.3, -0.25) is 19.3 Å². The molecule has 0 radical (unpaired) electrons. The molecule has 3 fully saturated rings. The molecular formula is C20H29N3O5. The van der Waals surface area contributed by atoms with Crippen molar-refractivity contribution in [3.8, 4) is 0 Å². The second-order valence-corrected chi connectivity index (χ2v) is 8.05. The maximum absolute atomic E-state index is 12.8. The first-order valence-electron chi connectivity index (χ1n) is 9.90. The fraction of sp³-hybridized carbons (Fsp3) is 0.650. The molecule has 154 valence electrons. The number of likely N-dealkylation sites (tertiary alicyclic amines) is 2. The molecular weight excluding hydrogens is 362 g/mol. The number of carbonyl (C=O) groups is 2. The Morgan fingerprint density at radius 2 is 1.75 bits per heavy atom. The van der Waals surface area contributed by atoms with E-state index in [0.29, 0.717) is 17.4 Å². The summed E-state index contributed by atoms with van der Waals surface area (Å²) >= 11 is 0. The van der Waals surface area contributed by atoms with Gasteiger partial charge in [0, 0.05) is 38.4 Å². The summed E-state index contributed by atoms with van der Waals surface area (Å²) in [6.07, 6.45) is 5.59. The highest BCUT2D eigenvalue weighted by Crippen LogP contribution is 2.39. The second-order valence-electron chi connectivity index (χ2n) is 8.05. The van der Waals surface area contributed by atoms with Crippen LogP contribution in [0, 0.1) is 11.8 Å². The number of aliphatic hydroxyl groups is 1. The molecule has 1 amide bonds. The van der Waals surface area contributed by atoms with Gasteiger partial charge in [-0.05, 0) is 56.7 Å². The van der Waals surface area contributed by atoms with E-state index >= 15 is 0 Å². The van der Waals surface area contributed by atoms with Gasteiger partial charge < -0.3 is 19.7 Å². The van der Waals surface area contributed by atoms with Gasteiger partial charge in [-0.1, -0.05) is 0 Å². The van der Waals surface area contributed by atoms with Crippen LogP contribution in [0.3, 0.4) is 0 Å². The molecule has 8 heteroatoms. The molecule has 1 aliphatic carbocycles. The highest BCUT2D eigenvalue weighted by molar-refractivity contribution is 5.94. The van der Waals surface area contributed by atoms with Crippen LogP contribution in [0.5, 0.6) is 0 Å². The summed E-state index contributed by atoms with van der Waals surface area (Å²) in [4.78, 5) is 37.0. The normalized spacial score (nSPS) is 29.7. The fourth-order valence-electron chi connectivity index (χ4n) is 4.94. The van der Waals surface area contributed by atoms with Crippen LogP contribution >= 0.6 is 0 Å². The predicted molar refractivity (Wildman–Crippen MR) is 103 cm³/mol. The van der Waals surface area contributed by atoms with Crippen molar-refractivity contribution in [1.29, 1.82) is 0 Å². The molecule has 1 aromatic rings. The van der Waals surface area contributed by atoms with Gasteiger partial charge in [0.1, 0.15) is 0 Å². The van der Waals surface area contributed by atoms with E-state index in [1.807, 2.05) is 4.90 Å². The van der Waals surface area contributed by atoms with Crippen LogP contribution in [0.4, 0.5) is 0 Å². The number of hydrogen-bond donors (Lipinski definition) is 2. The van der Waals surface area contributed by atoms with Crippen molar-refractivity contribution in [1.82, 2.24) is 14.4 Å². The first-order chi connectivity index (χ1) is 13.4. The standard InChI is InChI=1S/C19H27N3O3.CH2O2/c1-20-10-13(4-5-18(20)24)19(25)22-11-14-8-16(21-6-2-3-7-21)17(23)9-15(14)12-22;2-1-3/h4-5,10,14-17,23H,2-3,6-9,11-12H2,1H3;1H,(H,2,3)/t14-,15+,16-,17-;/m1./s1. The Kier molecular flexibility index (Phi) is 6.51. The lowest BCUT2D eigenvalue weighted by molar-refractivity contribution is -0.122. The SMILES string of the molecule is Cn1cc(C(=O)N2C[C@H]3C[C@@H](N4CCCC4)[C@H](O)C[C@H]3C2)ccc1=O.O=CO. The zero-order chi connectivity index (χ0) is 20.3. The molecule has 3 aliphatic rings. The van der Waals surface area contributed by atoms with Gasteiger partial charge in [-0.15, -0.1) is 0 Å². The summed E-state index contributed by atoms with van der Waals surface area (Å²) in [6, 6.07) is 3.33. The first kappa shape index (κ1) is 20.5. The number of rotatable bonds is 2. The van der Waals surface area contributed by atoms with Gasteiger partial charge >= 0.3 is 0 Å². The molecule has 1 saturated carbocycles. The molecule has 4 rings (SSSR count). The highest BCUT2D eigenvalue weighted by Gasteiger charge is 2.44. The van der Waals surface area contributed by atoms with Crippen molar-refractivity contribution in [2.24, 2.45) is 18.9 Å². The molecule has 28 heavy (non-hydrogen) atoms. The van der Waals surface area contributed by atoms with Gasteiger partial charge in [-0.2, -0.15) is 0 Å². The van der Waals surface area contributed by atoms with Crippen molar-refractivity contribution >= 4 is 12.4 Å². The number of fused-ring (bicyclic) bond motifs is 1. The zero-order valence-electron chi connectivity index (χ0n) is 16.2. The van der Waals surface area contributed by atoms with Crippen LogP contribution in [0.25, 0.3) is 0 Å². The van der Waals surface area contributed by atoms with Crippen LogP contribution in [-0.2, 0) is 11.8 Å². The lowest BCUT2D eigenvalue weighted by atomic mass is 9.77. The number of aromatic nitrogens is 1. The Labute approximate surface area is 164 Å². The topological polar surface area (TPSA) is 103 Å². The summed E-state index contributed by atoms with van der Waals surface area (Å²) < 4.78 is 1.45. The summed E-state index contributed by atoms with van der Waals surface area (Å²) in [7, 11) is 1.67. The summed E-state index contributed by atoms with van der Waals surface area (Å²) in [5.74, 6) is 0.869. The minimum Gasteiger partial charge on any atom is -0.483 e. The molecule has 0 unspecified atom stereocenters. The maximum Gasteiger partial charge on any atom is 0.290 e. The van der Waals surface area contributed by atoms with Crippen LogP contribution in [0.1, 0.15) is 36.0 Å². The highest BCUT2D eigenvalue weighted by atomic mass is 16.3. The van der Waals surface area contributed by atoms with Gasteiger partial charge in [0.15, 0.2) is 0 Å². The molecule has 3 heterocycles. The average molecular weight is 391 g/mol. The number of aryl methyl sites for hydroxylation is 1. The number of pyridine rings is 1. The largest absolute Gasteiger partial charge is 0.483 e. The van der Waals surface area contributed by atoms with E-state index in [-0.39, 0.29) is 30.1 Å². The fourth-order valence-corrected chi connectivity index (χ4v) is 4.94. The Balaban J connectivity index is 0.000000706. The van der Waals surface area contributed by atoms with Crippen molar-refractivity contribution in [2.75, 3.05) is 26.2 Å². The van der Waals surface area contributed by atoms with E-state index in [9.17, 15) is 14.7 Å². The van der Waals surface area contributed by atoms with Crippen LogP contribution in [0.2, 0.25) is 0 Å². The summed E-state index contributed by atoms with van der Waals surface area (Å²) in [5, 5.41) is 17.5. The number of carbonyl (C=O) groups excluding carboxylic acids is 1. The average Bonchev–Trinajstić information content (AvgIpc) is 3.32. The van der Waals surface area contributed by atoms with E-state index in [1.54, 1.807) is 19.3 Å². The molecule has 2 aliphatic heterocycles. The molecule has 0 bridgehead atoms. The number of nitrogens with zero attached hydrogens (tertiary/aromatic N) is 3. The third-order valence-corrected chi connectivity index (χ3v) is 6.34.